The predicted octanol–water partition coefficient (Wildman–Crippen LogP) is 3.37. The summed E-state index contributed by atoms with van der Waals surface area (Å²) in [4.78, 5) is 10.7. The van der Waals surface area contributed by atoms with E-state index in [1.807, 2.05) is 32.0 Å². The normalized spacial score (nSPS) is 11.1. The Morgan fingerprint density at radius 3 is 2.72 bits per heavy atom. The number of anilines is 1. The van der Waals surface area contributed by atoms with Gasteiger partial charge in [0.1, 0.15) is 5.75 Å². The van der Waals surface area contributed by atoms with Gasteiger partial charge in [0, 0.05) is 11.0 Å². The largest absolute Gasteiger partial charge is 0.495 e. The van der Waals surface area contributed by atoms with Crippen LogP contribution < -0.4 is 10.1 Å². The first kappa shape index (κ1) is 14.8. The smallest absolute Gasteiger partial charge is 0.303 e. The number of carbonyl (C=O) groups is 1. The molecule has 0 amide bonds. The van der Waals surface area contributed by atoms with Gasteiger partial charge in [-0.1, -0.05) is 29.8 Å². The topological polar surface area (TPSA) is 58.6 Å². The summed E-state index contributed by atoms with van der Waals surface area (Å²) < 4.78 is 6.19. The zero-order valence-corrected chi connectivity index (χ0v) is 12.4. The average molecular weight is 316 g/mol. The molecule has 1 aromatic rings. The SMILES string of the molecule is COc1ccc(Br)cc1NCC(C)(C)CC(=O)O. The number of benzene rings is 1. The van der Waals surface area contributed by atoms with Crippen molar-refractivity contribution in [1.29, 1.82) is 0 Å². The van der Waals surface area contributed by atoms with Crippen LogP contribution in [0.5, 0.6) is 5.75 Å². The number of carboxylic acid groups (broad SMARTS) is 1. The van der Waals surface area contributed by atoms with Gasteiger partial charge in [0.05, 0.1) is 19.2 Å². The lowest BCUT2D eigenvalue weighted by Gasteiger charge is -2.24. The van der Waals surface area contributed by atoms with Crippen molar-refractivity contribution in [2.24, 2.45) is 5.41 Å². The molecular weight excluding hydrogens is 298 g/mol. The third kappa shape index (κ3) is 4.56. The first-order valence-corrected chi connectivity index (χ1v) is 6.42. The van der Waals surface area contributed by atoms with Crippen LogP contribution in [0.4, 0.5) is 5.69 Å². The van der Waals surface area contributed by atoms with Gasteiger partial charge in [-0.15, -0.1) is 0 Å². The van der Waals surface area contributed by atoms with Crippen molar-refractivity contribution < 1.29 is 14.6 Å². The van der Waals surface area contributed by atoms with E-state index in [0.29, 0.717) is 6.54 Å². The van der Waals surface area contributed by atoms with Gasteiger partial charge in [-0.25, -0.2) is 0 Å². The molecule has 0 bridgehead atoms. The highest BCUT2D eigenvalue weighted by atomic mass is 79.9. The van der Waals surface area contributed by atoms with Crippen molar-refractivity contribution in [3.05, 3.63) is 22.7 Å². The molecule has 0 aromatic heterocycles. The Kier molecular flexibility index (Phi) is 5.02. The van der Waals surface area contributed by atoms with Gasteiger partial charge in [-0.2, -0.15) is 0 Å². The number of methoxy groups -OCH3 is 1. The highest BCUT2D eigenvalue weighted by molar-refractivity contribution is 9.10. The zero-order valence-electron chi connectivity index (χ0n) is 10.8. The lowest BCUT2D eigenvalue weighted by Crippen LogP contribution is -2.26. The zero-order chi connectivity index (χ0) is 13.8. The lowest BCUT2D eigenvalue weighted by atomic mass is 9.89. The van der Waals surface area contributed by atoms with E-state index >= 15 is 0 Å². The van der Waals surface area contributed by atoms with Gasteiger partial charge >= 0.3 is 5.97 Å². The Morgan fingerprint density at radius 2 is 2.17 bits per heavy atom. The van der Waals surface area contributed by atoms with Crippen LogP contribution in [-0.2, 0) is 4.79 Å². The summed E-state index contributed by atoms with van der Waals surface area (Å²) in [5, 5.41) is 12.1. The van der Waals surface area contributed by atoms with Gasteiger partial charge in [0.2, 0.25) is 0 Å². The second-order valence-electron chi connectivity index (χ2n) is 4.93. The van der Waals surface area contributed by atoms with Gasteiger partial charge in [0.25, 0.3) is 0 Å². The van der Waals surface area contributed by atoms with Crippen LogP contribution in [-0.4, -0.2) is 24.7 Å². The molecule has 0 aliphatic carbocycles. The van der Waals surface area contributed by atoms with Crippen LogP contribution in [0.15, 0.2) is 22.7 Å². The third-order valence-corrected chi connectivity index (χ3v) is 3.04. The first-order valence-electron chi connectivity index (χ1n) is 5.63. The maximum absolute atomic E-state index is 10.7. The van der Waals surface area contributed by atoms with Crippen molar-refractivity contribution in [3.8, 4) is 5.75 Å². The van der Waals surface area contributed by atoms with Crippen LogP contribution >= 0.6 is 15.9 Å². The fourth-order valence-electron chi connectivity index (χ4n) is 1.62. The van der Waals surface area contributed by atoms with E-state index in [4.69, 9.17) is 9.84 Å². The van der Waals surface area contributed by atoms with Crippen LogP contribution in [0.25, 0.3) is 0 Å². The molecule has 0 radical (unpaired) electrons. The number of rotatable bonds is 6. The standard InChI is InChI=1S/C13H18BrNO3/c1-13(2,7-12(16)17)8-15-10-6-9(14)4-5-11(10)18-3/h4-6,15H,7-8H2,1-3H3,(H,16,17). The van der Waals surface area contributed by atoms with E-state index < -0.39 is 5.97 Å². The molecule has 18 heavy (non-hydrogen) atoms. The maximum Gasteiger partial charge on any atom is 0.303 e. The maximum atomic E-state index is 10.7. The van der Waals surface area contributed by atoms with E-state index in [-0.39, 0.29) is 11.8 Å². The monoisotopic (exact) mass is 315 g/mol. The van der Waals surface area contributed by atoms with E-state index in [0.717, 1.165) is 15.9 Å². The summed E-state index contributed by atoms with van der Waals surface area (Å²) in [7, 11) is 1.61. The minimum Gasteiger partial charge on any atom is -0.495 e. The second kappa shape index (κ2) is 6.09. The van der Waals surface area contributed by atoms with Crippen molar-refractivity contribution in [2.45, 2.75) is 20.3 Å². The van der Waals surface area contributed by atoms with E-state index in [9.17, 15) is 4.79 Å². The molecule has 0 aliphatic rings. The Bertz CT molecular complexity index is 432. The molecule has 1 rings (SSSR count). The molecular formula is C13H18BrNO3. The Hall–Kier alpha value is -1.23. The molecule has 4 nitrogen and oxygen atoms in total. The Labute approximate surface area is 115 Å². The fraction of sp³-hybridized carbons (Fsp3) is 0.462. The number of hydrogen-bond donors (Lipinski definition) is 2. The molecule has 0 atom stereocenters. The van der Waals surface area contributed by atoms with Crippen LogP contribution in [0.2, 0.25) is 0 Å². The number of halogens is 1. The molecule has 0 unspecified atom stereocenters. The van der Waals surface area contributed by atoms with Crippen molar-refractivity contribution in [3.63, 3.8) is 0 Å². The number of carboxylic acids is 1. The average Bonchev–Trinajstić information content (AvgIpc) is 2.25. The molecule has 100 valence electrons. The summed E-state index contributed by atoms with van der Waals surface area (Å²) in [6.07, 6.45) is 0.121. The van der Waals surface area contributed by atoms with Gasteiger partial charge in [0.15, 0.2) is 0 Å². The van der Waals surface area contributed by atoms with Gasteiger partial charge in [-0.05, 0) is 23.6 Å². The van der Waals surface area contributed by atoms with Crippen LogP contribution in [0, 0.1) is 5.41 Å². The van der Waals surface area contributed by atoms with E-state index in [1.54, 1.807) is 7.11 Å². The van der Waals surface area contributed by atoms with Gasteiger partial charge in [-0.3, -0.25) is 4.79 Å². The molecule has 0 spiro atoms. The van der Waals surface area contributed by atoms with E-state index in [2.05, 4.69) is 21.2 Å². The Balaban J connectivity index is 2.73. The molecule has 2 N–H and O–H groups in total. The first-order chi connectivity index (χ1) is 8.34. The molecule has 1 aromatic carbocycles. The third-order valence-electron chi connectivity index (χ3n) is 2.55. The van der Waals surface area contributed by atoms with Gasteiger partial charge < -0.3 is 15.2 Å². The highest BCUT2D eigenvalue weighted by Crippen LogP contribution is 2.29. The fourth-order valence-corrected chi connectivity index (χ4v) is 1.99. The summed E-state index contributed by atoms with van der Waals surface area (Å²) in [6.45, 7) is 4.39. The lowest BCUT2D eigenvalue weighted by molar-refractivity contribution is -0.139. The molecule has 0 saturated carbocycles. The molecule has 0 fully saturated rings. The van der Waals surface area contributed by atoms with Crippen molar-refractivity contribution in [2.75, 3.05) is 19.0 Å². The van der Waals surface area contributed by atoms with Crippen molar-refractivity contribution >= 4 is 27.6 Å². The van der Waals surface area contributed by atoms with Crippen LogP contribution in [0.3, 0.4) is 0 Å². The highest BCUT2D eigenvalue weighted by Gasteiger charge is 2.22. The number of hydrogen-bond acceptors (Lipinski definition) is 3. The number of aliphatic carboxylic acids is 1. The summed E-state index contributed by atoms with van der Waals surface area (Å²) >= 11 is 3.40. The quantitative estimate of drug-likeness (QED) is 0.845. The number of ether oxygens (including phenoxy) is 1. The molecule has 0 heterocycles. The van der Waals surface area contributed by atoms with Crippen molar-refractivity contribution in [1.82, 2.24) is 0 Å². The minimum absolute atomic E-state index is 0.121. The summed E-state index contributed by atoms with van der Waals surface area (Å²) in [6, 6.07) is 5.67. The number of nitrogens with one attached hydrogen (secondary N) is 1. The Morgan fingerprint density at radius 1 is 1.50 bits per heavy atom. The molecule has 0 saturated heterocycles. The minimum atomic E-state index is -0.789. The van der Waals surface area contributed by atoms with E-state index in [1.165, 1.54) is 0 Å². The predicted molar refractivity (Wildman–Crippen MR) is 75.2 cm³/mol. The summed E-state index contributed by atoms with van der Waals surface area (Å²) in [5.74, 6) is -0.0488. The van der Waals surface area contributed by atoms with Crippen LogP contribution in [0.1, 0.15) is 20.3 Å². The molecule has 5 heteroatoms. The summed E-state index contributed by atoms with van der Waals surface area (Å²) in [5.41, 5.74) is 0.532. The second-order valence-corrected chi connectivity index (χ2v) is 5.85. The molecule has 0 aliphatic heterocycles.